The van der Waals surface area contributed by atoms with Gasteiger partial charge < -0.3 is 4.74 Å². The number of amides is 1. The van der Waals surface area contributed by atoms with Crippen molar-refractivity contribution < 1.29 is 14.4 Å². The van der Waals surface area contributed by atoms with Crippen molar-refractivity contribution in [2.75, 3.05) is 5.06 Å². The number of nitrogens with zero attached hydrogens (tertiary/aromatic N) is 1. The number of rotatable bonds is 4. The van der Waals surface area contributed by atoms with Crippen molar-refractivity contribution in [1.29, 1.82) is 0 Å². The van der Waals surface area contributed by atoms with Crippen LogP contribution in [0, 0.1) is 6.92 Å². The van der Waals surface area contributed by atoms with Crippen molar-refractivity contribution in [2.45, 2.75) is 32.7 Å². The van der Waals surface area contributed by atoms with Crippen LogP contribution in [0.1, 0.15) is 18.1 Å². The third kappa shape index (κ3) is 4.61. The molecule has 5 nitrogen and oxygen atoms in total. The van der Waals surface area contributed by atoms with Gasteiger partial charge in [-0.05, 0) is 37.6 Å². The first-order chi connectivity index (χ1) is 12.1. The zero-order valence-corrected chi connectivity index (χ0v) is 14.4. The zero-order chi connectivity index (χ0) is 17.6. The van der Waals surface area contributed by atoms with E-state index in [0.717, 1.165) is 16.8 Å². The molecule has 2 aromatic carbocycles. The Balaban J connectivity index is 1.64. The largest absolute Gasteiger partial charge is 0.445 e. The lowest BCUT2D eigenvalue weighted by Gasteiger charge is -2.35. The molecule has 0 aromatic heterocycles. The fourth-order valence-corrected chi connectivity index (χ4v) is 2.53. The molecule has 2 unspecified atom stereocenters. The topological polar surface area (TPSA) is 50.8 Å². The summed E-state index contributed by atoms with van der Waals surface area (Å²) in [4.78, 5) is 18.0. The van der Waals surface area contributed by atoms with Crippen LogP contribution in [-0.4, -0.2) is 18.4 Å². The molecular formula is C20H22N2O3. The second-order valence-corrected chi connectivity index (χ2v) is 6.01. The lowest BCUT2D eigenvalue weighted by atomic mass is 10.2. The molecule has 0 bridgehead atoms. The number of carbonyl (C=O) groups is 1. The Hall–Kier alpha value is -2.79. The number of carbonyl (C=O) groups excluding carboxylic acids is 1. The highest BCUT2D eigenvalue weighted by Gasteiger charge is 2.25. The van der Waals surface area contributed by atoms with Crippen LogP contribution in [0.2, 0.25) is 0 Å². The van der Waals surface area contributed by atoms with Crippen molar-refractivity contribution in [3.63, 3.8) is 0 Å². The summed E-state index contributed by atoms with van der Waals surface area (Å²) >= 11 is 0. The van der Waals surface area contributed by atoms with E-state index in [1.807, 2.05) is 80.6 Å². The molecule has 0 aliphatic carbocycles. The summed E-state index contributed by atoms with van der Waals surface area (Å²) in [7, 11) is 0. The molecule has 1 aliphatic heterocycles. The first-order valence-electron chi connectivity index (χ1n) is 8.30. The molecule has 5 heteroatoms. The van der Waals surface area contributed by atoms with Gasteiger partial charge in [0, 0.05) is 0 Å². The van der Waals surface area contributed by atoms with Crippen LogP contribution in [0.4, 0.5) is 10.5 Å². The third-order valence-corrected chi connectivity index (χ3v) is 3.86. The van der Waals surface area contributed by atoms with Crippen LogP contribution in [0.5, 0.6) is 0 Å². The van der Waals surface area contributed by atoms with Crippen LogP contribution >= 0.6 is 0 Å². The second-order valence-electron chi connectivity index (χ2n) is 6.01. The SMILES string of the molecule is Cc1ccc(N2OC(C)C=CC2NC(=O)OCc2ccccc2)cc1. The van der Waals surface area contributed by atoms with Crippen molar-refractivity contribution in [1.82, 2.24) is 5.32 Å². The van der Waals surface area contributed by atoms with Gasteiger partial charge in [-0.1, -0.05) is 54.1 Å². The van der Waals surface area contributed by atoms with E-state index in [-0.39, 0.29) is 12.7 Å². The van der Waals surface area contributed by atoms with Crippen molar-refractivity contribution in [2.24, 2.45) is 0 Å². The first kappa shape index (κ1) is 17.0. The number of hydrogen-bond donors (Lipinski definition) is 1. The molecule has 2 aromatic rings. The predicted octanol–water partition coefficient (Wildman–Crippen LogP) is 3.94. The molecule has 3 rings (SSSR count). The van der Waals surface area contributed by atoms with Gasteiger partial charge in [-0.15, -0.1) is 0 Å². The maximum absolute atomic E-state index is 12.1. The molecular weight excluding hydrogens is 316 g/mol. The first-order valence-corrected chi connectivity index (χ1v) is 8.30. The Bertz CT molecular complexity index is 728. The summed E-state index contributed by atoms with van der Waals surface area (Å²) in [5.41, 5.74) is 2.98. The van der Waals surface area contributed by atoms with E-state index in [2.05, 4.69) is 5.32 Å². The van der Waals surface area contributed by atoms with E-state index in [9.17, 15) is 4.79 Å². The van der Waals surface area contributed by atoms with E-state index >= 15 is 0 Å². The van der Waals surface area contributed by atoms with Crippen molar-refractivity contribution in [3.8, 4) is 0 Å². The van der Waals surface area contributed by atoms with E-state index in [1.165, 1.54) is 0 Å². The van der Waals surface area contributed by atoms with Gasteiger partial charge in [0.15, 0.2) is 0 Å². The second kappa shape index (κ2) is 7.85. The smallest absolute Gasteiger partial charge is 0.409 e. The Kier molecular flexibility index (Phi) is 5.36. The van der Waals surface area contributed by atoms with Gasteiger partial charge in [0.1, 0.15) is 18.9 Å². The molecule has 1 heterocycles. The number of anilines is 1. The van der Waals surface area contributed by atoms with Gasteiger partial charge in [-0.2, -0.15) is 0 Å². The molecule has 0 spiro atoms. The van der Waals surface area contributed by atoms with Crippen LogP contribution in [0.3, 0.4) is 0 Å². The van der Waals surface area contributed by atoms with Crippen molar-refractivity contribution >= 4 is 11.8 Å². The Labute approximate surface area is 147 Å². The molecule has 130 valence electrons. The molecule has 25 heavy (non-hydrogen) atoms. The van der Waals surface area contributed by atoms with Crippen LogP contribution in [0.25, 0.3) is 0 Å². The number of hydrogen-bond acceptors (Lipinski definition) is 4. The summed E-state index contributed by atoms with van der Waals surface area (Å²) in [5.74, 6) is 0. The number of ether oxygens (including phenoxy) is 1. The lowest BCUT2D eigenvalue weighted by Crippen LogP contribution is -2.50. The Morgan fingerprint density at radius 1 is 1.12 bits per heavy atom. The number of aryl methyl sites for hydroxylation is 1. The summed E-state index contributed by atoms with van der Waals surface area (Å²) in [6, 6.07) is 17.5. The van der Waals surface area contributed by atoms with E-state index < -0.39 is 12.3 Å². The average Bonchev–Trinajstić information content (AvgIpc) is 2.63. The van der Waals surface area contributed by atoms with Crippen LogP contribution in [-0.2, 0) is 16.2 Å². The highest BCUT2D eigenvalue weighted by molar-refractivity contribution is 5.68. The standard InChI is InChI=1S/C20H22N2O3/c1-15-8-11-18(12-9-15)22-19(13-10-16(2)25-22)21-20(23)24-14-17-6-4-3-5-7-17/h3-13,16,19H,14H2,1-2H3,(H,21,23). The van der Waals surface area contributed by atoms with Gasteiger partial charge in [0.25, 0.3) is 0 Å². The number of benzene rings is 2. The minimum atomic E-state index is -0.492. The fraction of sp³-hybridized carbons (Fsp3) is 0.250. The molecule has 1 N–H and O–H groups in total. The van der Waals surface area contributed by atoms with E-state index in [0.29, 0.717) is 0 Å². The quantitative estimate of drug-likeness (QED) is 0.858. The Morgan fingerprint density at radius 2 is 1.84 bits per heavy atom. The highest BCUT2D eigenvalue weighted by Crippen LogP contribution is 2.22. The monoisotopic (exact) mass is 338 g/mol. The maximum atomic E-state index is 12.1. The molecule has 0 saturated carbocycles. The summed E-state index contributed by atoms with van der Waals surface area (Å²) in [6.07, 6.45) is 2.82. The molecule has 2 atom stereocenters. The van der Waals surface area contributed by atoms with Gasteiger partial charge in [-0.25, -0.2) is 9.86 Å². The third-order valence-electron chi connectivity index (χ3n) is 3.86. The number of nitrogens with one attached hydrogen (secondary N) is 1. The fourth-order valence-electron chi connectivity index (χ4n) is 2.53. The molecule has 0 radical (unpaired) electrons. The minimum Gasteiger partial charge on any atom is -0.445 e. The van der Waals surface area contributed by atoms with Crippen molar-refractivity contribution in [3.05, 3.63) is 77.9 Å². The predicted molar refractivity (Wildman–Crippen MR) is 96.9 cm³/mol. The van der Waals surface area contributed by atoms with Gasteiger partial charge in [0.05, 0.1) is 5.69 Å². The molecule has 1 aliphatic rings. The summed E-state index contributed by atoms with van der Waals surface area (Å²) in [5, 5.41) is 4.51. The zero-order valence-electron chi connectivity index (χ0n) is 14.4. The highest BCUT2D eigenvalue weighted by atomic mass is 16.7. The molecule has 0 saturated heterocycles. The Morgan fingerprint density at radius 3 is 2.56 bits per heavy atom. The molecule has 0 fully saturated rings. The van der Waals surface area contributed by atoms with Crippen LogP contribution in [0.15, 0.2) is 66.7 Å². The normalized spacial score (nSPS) is 19.5. The minimum absolute atomic E-state index is 0.0697. The van der Waals surface area contributed by atoms with Gasteiger partial charge in [0.2, 0.25) is 0 Å². The molecule has 1 amide bonds. The van der Waals surface area contributed by atoms with Gasteiger partial charge in [-0.3, -0.25) is 10.2 Å². The van der Waals surface area contributed by atoms with E-state index in [4.69, 9.17) is 9.57 Å². The van der Waals surface area contributed by atoms with Crippen LogP contribution < -0.4 is 10.4 Å². The number of alkyl carbamates (subject to hydrolysis) is 1. The lowest BCUT2D eigenvalue weighted by molar-refractivity contribution is 0.0430. The summed E-state index contributed by atoms with van der Waals surface area (Å²) < 4.78 is 5.29. The maximum Gasteiger partial charge on any atom is 0.409 e. The number of hydroxylamine groups is 1. The average molecular weight is 338 g/mol. The van der Waals surface area contributed by atoms with E-state index in [1.54, 1.807) is 5.06 Å². The van der Waals surface area contributed by atoms with Gasteiger partial charge >= 0.3 is 6.09 Å². The summed E-state index contributed by atoms with van der Waals surface area (Å²) in [6.45, 7) is 4.20.